The number of aliphatic hydroxyl groups is 1. The van der Waals surface area contributed by atoms with Gasteiger partial charge in [-0.25, -0.2) is 9.59 Å². The second-order valence-electron chi connectivity index (χ2n) is 4.19. The van der Waals surface area contributed by atoms with E-state index in [-0.39, 0.29) is 19.9 Å². The first-order valence-corrected chi connectivity index (χ1v) is 4.77. The standard InChI is InChI=1S/C9H15NO6/c1-9(2,14)4-15-3-6-7(11)16-5-10(6)8(12)13/h6,14H,3-5H2,1-2H3,(H,12,13)/t6-/m0/s1. The topological polar surface area (TPSA) is 96.3 Å². The largest absolute Gasteiger partial charge is 0.465 e. The van der Waals surface area contributed by atoms with Gasteiger partial charge in [0.15, 0.2) is 12.8 Å². The molecule has 0 radical (unpaired) electrons. The number of esters is 1. The molecule has 0 bridgehead atoms. The zero-order valence-electron chi connectivity index (χ0n) is 9.17. The first-order valence-electron chi connectivity index (χ1n) is 4.77. The molecule has 7 nitrogen and oxygen atoms in total. The average Bonchev–Trinajstić information content (AvgIpc) is 2.46. The Balaban J connectivity index is 2.45. The van der Waals surface area contributed by atoms with E-state index in [0.29, 0.717) is 0 Å². The Morgan fingerprint density at radius 3 is 2.81 bits per heavy atom. The minimum Gasteiger partial charge on any atom is -0.465 e. The molecule has 7 heteroatoms. The minimum atomic E-state index is -1.23. The van der Waals surface area contributed by atoms with E-state index in [1.54, 1.807) is 13.8 Å². The Morgan fingerprint density at radius 1 is 1.69 bits per heavy atom. The molecule has 1 saturated heterocycles. The maximum Gasteiger partial charge on any atom is 0.410 e. The lowest BCUT2D eigenvalue weighted by Gasteiger charge is -2.20. The van der Waals surface area contributed by atoms with Crippen molar-refractivity contribution in [3.8, 4) is 0 Å². The second-order valence-corrected chi connectivity index (χ2v) is 4.19. The molecule has 1 aliphatic heterocycles. The van der Waals surface area contributed by atoms with E-state index in [4.69, 9.17) is 9.84 Å². The predicted molar refractivity (Wildman–Crippen MR) is 51.7 cm³/mol. The smallest absolute Gasteiger partial charge is 0.410 e. The molecule has 1 amide bonds. The molecule has 1 atom stereocenters. The minimum absolute atomic E-state index is 0.0181. The Kier molecular flexibility index (Phi) is 3.71. The molecule has 0 unspecified atom stereocenters. The number of ether oxygens (including phenoxy) is 2. The van der Waals surface area contributed by atoms with Crippen molar-refractivity contribution in [3.05, 3.63) is 0 Å². The fourth-order valence-electron chi connectivity index (χ4n) is 1.21. The maximum atomic E-state index is 11.2. The lowest BCUT2D eigenvalue weighted by Crippen LogP contribution is -2.41. The van der Waals surface area contributed by atoms with Gasteiger partial charge in [0, 0.05) is 0 Å². The van der Waals surface area contributed by atoms with Crippen LogP contribution >= 0.6 is 0 Å². The summed E-state index contributed by atoms with van der Waals surface area (Å²) in [6.07, 6.45) is -1.23. The van der Waals surface area contributed by atoms with E-state index in [2.05, 4.69) is 4.74 Å². The number of carboxylic acid groups (broad SMARTS) is 1. The number of carbonyl (C=O) groups excluding carboxylic acids is 1. The summed E-state index contributed by atoms with van der Waals surface area (Å²) in [6.45, 7) is 2.73. The van der Waals surface area contributed by atoms with Gasteiger partial charge >= 0.3 is 12.1 Å². The zero-order valence-corrected chi connectivity index (χ0v) is 9.17. The van der Waals surface area contributed by atoms with Crippen LogP contribution in [0.2, 0.25) is 0 Å². The first-order chi connectivity index (χ1) is 7.31. The van der Waals surface area contributed by atoms with Gasteiger partial charge < -0.3 is 19.7 Å². The summed E-state index contributed by atoms with van der Waals surface area (Å²) in [6, 6.07) is -0.945. The number of cyclic esters (lactones) is 1. The maximum absolute atomic E-state index is 11.2. The van der Waals surface area contributed by atoms with Gasteiger partial charge in [-0.2, -0.15) is 0 Å². The lowest BCUT2D eigenvalue weighted by molar-refractivity contribution is -0.140. The fourth-order valence-corrected chi connectivity index (χ4v) is 1.21. The summed E-state index contributed by atoms with van der Waals surface area (Å²) < 4.78 is 9.66. The van der Waals surface area contributed by atoms with Gasteiger partial charge in [0.25, 0.3) is 0 Å². The van der Waals surface area contributed by atoms with Crippen LogP contribution in [0, 0.1) is 0 Å². The highest BCUT2D eigenvalue weighted by atomic mass is 16.6. The van der Waals surface area contributed by atoms with Crippen LogP contribution in [0.25, 0.3) is 0 Å². The molecule has 92 valence electrons. The van der Waals surface area contributed by atoms with E-state index in [1.807, 2.05) is 0 Å². The summed E-state index contributed by atoms with van der Waals surface area (Å²) in [7, 11) is 0. The van der Waals surface area contributed by atoms with Crippen LogP contribution in [0.15, 0.2) is 0 Å². The fraction of sp³-hybridized carbons (Fsp3) is 0.778. The second kappa shape index (κ2) is 4.67. The molecular weight excluding hydrogens is 218 g/mol. The third-order valence-electron chi connectivity index (χ3n) is 1.97. The predicted octanol–water partition coefficient (Wildman–Crippen LogP) is -0.363. The summed E-state index contributed by atoms with van der Waals surface area (Å²) in [5, 5.41) is 18.1. The number of amides is 1. The van der Waals surface area contributed by atoms with Gasteiger partial charge in [0.05, 0.1) is 18.8 Å². The molecule has 0 aliphatic carbocycles. The van der Waals surface area contributed by atoms with E-state index < -0.39 is 23.7 Å². The van der Waals surface area contributed by atoms with E-state index in [1.165, 1.54) is 0 Å². The van der Waals surface area contributed by atoms with Gasteiger partial charge in [0.1, 0.15) is 0 Å². The van der Waals surface area contributed by atoms with Crippen LogP contribution < -0.4 is 0 Å². The van der Waals surface area contributed by atoms with Gasteiger partial charge in [0.2, 0.25) is 0 Å². The highest BCUT2D eigenvalue weighted by molar-refractivity contribution is 5.83. The first kappa shape index (κ1) is 12.7. The van der Waals surface area contributed by atoms with Crippen molar-refractivity contribution in [3.63, 3.8) is 0 Å². The lowest BCUT2D eigenvalue weighted by atomic mass is 10.2. The SMILES string of the molecule is CC(C)(O)COC[C@H]1C(=O)OCN1C(=O)O. The van der Waals surface area contributed by atoms with Gasteiger partial charge in [-0.15, -0.1) is 0 Å². The monoisotopic (exact) mass is 233 g/mol. The molecule has 2 N–H and O–H groups in total. The molecule has 1 rings (SSSR count). The summed E-state index contributed by atoms with van der Waals surface area (Å²) in [4.78, 5) is 22.7. The number of hydrogen-bond acceptors (Lipinski definition) is 5. The van der Waals surface area contributed by atoms with Crippen LogP contribution in [-0.4, -0.2) is 58.8 Å². The highest BCUT2D eigenvalue weighted by Gasteiger charge is 2.38. The Labute approximate surface area is 92.6 Å². The number of hydrogen-bond donors (Lipinski definition) is 2. The third-order valence-corrected chi connectivity index (χ3v) is 1.97. The Bertz CT molecular complexity index is 284. The average molecular weight is 233 g/mol. The number of carbonyl (C=O) groups is 2. The molecule has 0 saturated carbocycles. The van der Waals surface area contributed by atoms with Crippen LogP contribution in [0.1, 0.15) is 13.8 Å². The van der Waals surface area contributed by atoms with Gasteiger partial charge in [-0.05, 0) is 13.8 Å². The van der Waals surface area contributed by atoms with Crippen molar-refractivity contribution >= 4 is 12.1 Å². The summed E-state index contributed by atoms with van der Waals surface area (Å²) >= 11 is 0. The van der Waals surface area contributed by atoms with Crippen molar-refractivity contribution in [1.29, 1.82) is 0 Å². The van der Waals surface area contributed by atoms with E-state index in [9.17, 15) is 14.7 Å². The third kappa shape index (κ3) is 3.35. The number of nitrogens with zero attached hydrogens (tertiary/aromatic N) is 1. The molecule has 1 aliphatic rings. The molecular formula is C9H15NO6. The molecule has 0 aromatic carbocycles. The molecule has 0 aromatic rings. The van der Waals surface area contributed by atoms with Crippen molar-refractivity contribution in [1.82, 2.24) is 4.90 Å². The van der Waals surface area contributed by atoms with Gasteiger partial charge in [-0.1, -0.05) is 0 Å². The normalized spacial score (nSPS) is 21.1. The van der Waals surface area contributed by atoms with Crippen LogP contribution in [0.5, 0.6) is 0 Å². The highest BCUT2D eigenvalue weighted by Crippen LogP contribution is 2.12. The van der Waals surface area contributed by atoms with Crippen molar-refractivity contribution in [2.45, 2.75) is 25.5 Å². The van der Waals surface area contributed by atoms with Crippen molar-refractivity contribution < 1.29 is 29.3 Å². The van der Waals surface area contributed by atoms with Gasteiger partial charge in [-0.3, -0.25) is 4.90 Å². The van der Waals surface area contributed by atoms with E-state index >= 15 is 0 Å². The molecule has 0 spiro atoms. The van der Waals surface area contributed by atoms with Crippen molar-refractivity contribution in [2.75, 3.05) is 19.9 Å². The summed E-state index contributed by atoms with van der Waals surface area (Å²) in [5.74, 6) is -0.627. The zero-order chi connectivity index (χ0) is 12.3. The summed E-state index contributed by atoms with van der Waals surface area (Å²) in [5.41, 5.74) is -1.02. The quantitative estimate of drug-likeness (QED) is 0.643. The van der Waals surface area contributed by atoms with Crippen LogP contribution in [-0.2, 0) is 14.3 Å². The van der Waals surface area contributed by atoms with Crippen LogP contribution in [0.4, 0.5) is 4.79 Å². The molecule has 0 aromatic heterocycles. The Hall–Kier alpha value is -1.34. The van der Waals surface area contributed by atoms with Crippen LogP contribution in [0.3, 0.4) is 0 Å². The van der Waals surface area contributed by atoms with E-state index in [0.717, 1.165) is 4.90 Å². The molecule has 16 heavy (non-hydrogen) atoms. The molecule has 1 heterocycles. The number of rotatable bonds is 4. The van der Waals surface area contributed by atoms with Crippen molar-refractivity contribution in [2.24, 2.45) is 0 Å². The Morgan fingerprint density at radius 2 is 2.31 bits per heavy atom. The molecule has 1 fully saturated rings.